The number of nitrogens with one attached hydrogen (secondary N) is 2. The van der Waals surface area contributed by atoms with Gasteiger partial charge in [-0.1, -0.05) is 26.0 Å². The van der Waals surface area contributed by atoms with Gasteiger partial charge in [0.15, 0.2) is 0 Å². The molecular weight excluding hydrogens is 294 g/mol. The lowest BCUT2D eigenvalue weighted by Gasteiger charge is -2.09. The summed E-state index contributed by atoms with van der Waals surface area (Å²) in [5.41, 5.74) is 0.467. The van der Waals surface area contributed by atoms with E-state index in [2.05, 4.69) is 29.2 Å². The van der Waals surface area contributed by atoms with Crippen molar-refractivity contribution in [1.82, 2.24) is 5.32 Å². The highest BCUT2D eigenvalue weighted by molar-refractivity contribution is 6.09. The molecule has 0 saturated heterocycles. The monoisotopic (exact) mass is 315 g/mol. The molecule has 0 aliphatic carbocycles. The van der Waals surface area contributed by atoms with Crippen LogP contribution in [0, 0.1) is 17.2 Å². The largest absolute Gasteiger partial charge is 0.465 e. The SMILES string of the molecule is COC(=O)c1ccccc1NC(=O)/C(C#N)=C\NCCC(C)C. The van der Waals surface area contributed by atoms with Crippen LogP contribution in [0.1, 0.15) is 30.6 Å². The molecule has 1 rings (SSSR count). The first-order valence-electron chi connectivity index (χ1n) is 7.32. The lowest BCUT2D eigenvalue weighted by Crippen LogP contribution is -2.19. The lowest BCUT2D eigenvalue weighted by molar-refractivity contribution is -0.112. The minimum Gasteiger partial charge on any atom is -0.465 e. The Bertz CT molecular complexity index is 630. The number of carbonyl (C=O) groups is 2. The molecule has 6 nitrogen and oxygen atoms in total. The molecule has 6 heteroatoms. The van der Waals surface area contributed by atoms with Crippen LogP contribution >= 0.6 is 0 Å². The lowest BCUT2D eigenvalue weighted by atomic mass is 10.1. The van der Waals surface area contributed by atoms with Crippen LogP contribution in [0.4, 0.5) is 5.69 Å². The van der Waals surface area contributed by atoms with Gasteiger partial charge in [-0.2, -0.15) is 5.26 Å². The Morgan fingerprint density at radius 1 is 1.35 bits per heavy atom. The topological polar surface area (TPSA) is 91.2 Å². The van der Waals surface area contributed by atoms with Gasteiger partial charge in [-0.05, 0) is 24.5 Å². The van der Waals surface area contributed by atoms with Gasteiger partial charge in [-0.25, -0.2) is 4.79 Å². The van der Waals surface area contributed by atoms with Gasteiger partial charge < -0.3 is 15.4 Å². The van der Waals surface area contributed by atoms with Gasteiger partial charge in [-0.3, -0.25) is 4.79 Å². The first-order chi connectivity index (χ1) is 11.0. The van der Waals surface area contributed by atoms with Crippen molar-refractivity contribution >= 4 is 17.6 Å². The van der Waals surface area contributed by atoms with Gasteiger partial charge in [-0.15, -0.1) is 0 Å². The summed E-state index contributed by atoms with van der Waals surface area (Å²) in [6.07, 6.45) is 2.32. The molecule has 122 valence electrons. The summed E-state index contributed by atoms with van der Waals surface area (Å²) < 4.78 is 4.66. The van der Waals surface area contributed by atoms with Crippen LogP contribution in [0.3, 0.4) is 0 Å². The summed E-state index contributed by atoms with van der Waals surface area (Å²) in [5, 5.41) is 14.6. The number of nitrogens with zero attached hydrogens (tertiary/aromatic N) is 1. The second-order valence-corrected chi connectivity index (χ2v) is 5.30. The van der Waals surface area contributed by atoms with E-state index in [9.17, 15) is 9.59 Å². The van der Waals surface area contributed by atoms with Gasteiger partial charge in [0.2, 0.25) is 0 Å². The second-order valence-electron chi connectivity index (χ2n) is 5.30. The van der Waals surface area contributed by atoms with Crippen molar-refractivity contribution in [3.05, 3.63) is 41.6 Å². The van der Waals surface area contributed by atoms with Crippen LogP contribution in [0.2, 0.25) is 0 Å². The number of nitriles is 1. The summed E-state index contributed by atoms with van der Waals surface area (Å²) >= 11 is 0. The summed E-state index contributed by atoms with van der Waals surface area (Å²) in [6, 6.07) is 8.30. The second kappa shape index (κ2) is 9.26. The van der Waals surface area contributed by atoms with Crippen molar-refractivity contribution < 1.29 is 14.3 Å². The molecule has 1 aromatic carbocycles. The molecule has 1 aromatic rings. The number of hydrogen-bond donors (Lipinski definition) is 2. The van der Waals surface area contributed by atoms with Crippen molar-refractivity contribution in [1.29, 1.82) is 5.26 Å². The number of esters is 1. The maximum atomic E-state index is 12.1. The Balaban J connectivity index is 2.80. The maximum absolute atomic E-state index is 12.1. The molecule has 1 amide bonds. The maximum Gasteiger partial charge on any atom is 0.339 e. The number of ether oxygens (including phenoxy) is 1. The number of carbonyl (C=O) groups excluding carboxylic acids is 2. The van der Waals surface area contributed by atoms with Crippen LogP contribution in [-0.4, -0.2) is 25.5 Å². The molecule has 0 atom stereocenters. The smallest absolute Gasteiger partial charge is 0.339 e. The normalized spacial score (nSPS) is 10.8. The fraction of sp³-hybridized carbons (Fsp3) is 0.353. The van der Waals surface area contributed by atoms with E-state index in [4.69, 9.17) is 5.26 Å². The molecule has 23 heavy (non-hydrogen) atoms. The standard InChI is InChI=1S/C17H21N3O3/c1-12(2)8-9-19-11-13(10-18)16(21)20-15-7-5-4-6-14(15)17(22)23-3/h4-7,11-12,19H,8-9H2,1-3H3,(H,20,21)/b13-11-. The predicted molar refractivity (Wildman–Crippen MR) is 87.6 cm³/mol. The first kappa shape index (κ1) is 18.2. The molecule has 0 aliphatic rings. The number of methoxy groups -OCH3 is 1. The summed E-state index contributed by atoms with van der Waals surface area (Å²) in [5.74, 6) is -0.610. The number of benzene rings is 1. The van der Waals surface area contributed by atoms with E-state index < -0.39 is 11.9 Å². The highest BCUT2D eigenvalue weighted by Gasteiger charge is 2.15. The molecule has 0 heterocycles. The van der Waals surface area contributed by atoms with Gasteiger partial charge >= 0.3 is 5.97 Å². The Kier molecular flexibility index (Phi) is 7.34. The van der Waals surface area contributed by atoms with Crippen molar-refractivity contribution in [2.45, 2.75) is 20.3 Å². The molecule has 0 radical (unpaired) electrons. The molecule has 0 saturated carbocycles. The average Bonchev–Trinajstić information content (AvgIpc) is 2.54. The third-order valence-corrected chi connectivity index (χ3v) is 3.06. The number of amides is 1. The van der Waals surface area contributed by atoms with E-state index >= 15 is 0 Å². The number of hydrogen-bond acceptors (Lipinski definition) is 5. The third kappa shape index (κ3) is 5.83. The molecule has 0 bridgehead atoms. The Morgan fingerprint density at radius 3 is 2.65 bits per heavy atom. The quantitative estimate of drug-likeness (QED) is 0.349. The van der Waals surface area contributed by atoms with Crippen LogP contribution in [0.5, 0.6) is 0 Å². The number of anilines is 1. The highest BCUT2D eigenvalue weighted by atomic mass is 16.5. The number of rotatable bonds is 7. The molecule has 0 unspecified atom stereocenters. The van der Waals surface area contributed by atoms with Gasteiger partial charge in [0.1, 0.15) is 11.6 Å². The average molecular weight is 315 g/mol. The molecular formula is C17H21N3O3. The van der Waals surface area contributed by atoms with E-state index in [1.807, 2.05) is 6.07 Å². The van der Waals surface area contributed by atoms with Crippen molar-refractivity contribution in [3.8, 4) is 6.07 Å². The first-order valence-corrected chi connectivity index (χ1v) is 7.32. The van der Waals surface area contributed by atoms with Crippen molar-refractivity contribution in [2.75, 3.05) is 19.0 Å². The van der Waals surface area contributed by atoms with E-state index in [0.29, 0.717) is 18.2 Å². The third-order valence-electron chi connectivity index (χ3n) is 3.06. The van der Waals surface area contributed by atoms with E-state index in [1.165, 1.54) is 19.4 Å². The van der Waals surface area contributed by atoms with E-state index in [1.54, 1.807) is 18.2 Å². The molecule has 0 fully saturated rings. The molecule has 2 N–H and O–H groups in total. The van der Waals surface area contributed by atoms with Crippen molar-refractivity contribution in [2.24, 2.45) is 5.92 Å². The van der Waals surface area contributed by atoms with Gasteiger partial charge in [0.05, 0.1) is 18.4 Å². The minimum atomic E-state index is -0.583. The van der Waals surface area contributed by atoms with Crippen LogP contribution in [0.15, 0.2) is 36.0 Å². The van der Waals surface area contributed by atoms with Crippen LogP contribution < -0.4 is 10.6 Å². The molecule has 0 spiro atoms. The van der Waals surface area contributed by atoms with E-state index in [0.717, 1.165) is 6.42 Å². The zero-order valence-electron chi connectivity index (χ0n) is 13.6. The fourth-order valence-corrected chi connectivity index (χ4v) is 1.76. The molecule has 0 aliphatic heterocycles. The Morgan fingerprint density at radius 2 is 2.04 bits per heavy atom. The van der Waals surface area contributed by atoms with Gasteiger partial charge in [0, 0.05) is 12.7 Å². The summed E-state index contributed by atoms with van der Waals surface area (Å²) in [7, 11) is 1.26. The van der Waals surface area contributed by atoms with Gasteiger partial charge in [0.25, 0.3) is 5.91 Å². The fourth-order valence-electron chi connectivity index (χ4n) is 1.76. The van der Waals surface area contributed by atoms with Crippen LogP contribution in [-0.2, 0) is 9.53 Å². The number of para-hydroxylation sites is 1. The summed E-state index contributed by atoms with van der Waals surface area (Å²) in [4.78, 5) is 23.8. The predicted octanol–water partition coefficient (Wildman–Crippen LogP) is 2.45. The Hall–Kier alpha value is -2.81. The minimum absolute atomic E-state index is 0.0616. The van der Waals surface area contributed by atoms with Crippen LogP contribution in [0.25, 0.3) is 0 Å². The van der Waals surface area contributed by atoms with Crippen molar-refractivity contribution in [3.63, 3.8) is 0 Å². The summed E-state index contributed by atoms with van der Waals surface area (Å²) in [6.45, 7) is 4.86. The zero-order valence-corrected chi connectivity index (χ0v) is 13.6. The van der Waals surface area contributed by atoms with E-state index in [-0.39, 0.29) is 11.1 Å². The highest BCUT2D eigenvalue weighted by Crippen LogP contribution is 2.16. The Labute approximate surface area is 136 Å². The zero-order chi connectivity index (χ0) is 17.2. The molecule has 0 aromatic heterocycles.